The lowest BCUT2D eigenvalue weighted by Gasteiger charge is -2.31. The first-order chi connectivity index (χ1) is 18.9. The van der Waals surface area contributed by atoms with Crippen LogP contribution in [0.3, 0.4) is 0 Å². The van der Waals surface area contributed by atoms with Crippen LogP contribution in [0.2, 0.25) is 0 Å². The number of hydrogen-bond acceptors (Lipinski definition) is 5. The fourth-order valence-corrected chi connectivity index (χ4v) is 5.49. The summed E-state index contributed by atoms with van der Waals surface area (Å²) in [5.41, 5.74) is 7.97. The van der Waals surface area contributed by atoms with E-state index in [0.717, 1.165) is 77.2 Å². The van der Waals surface area contributed by atoms with Crippen LogP contribution in [0.1, 0.15) is 37.9 Å². The number of carbonyl (C=O) groups is 1. The van der Waals surface area contributed by atoms with Gasteiger partial charge in [-0.1, -0.05) is 54.6 Å². The van der Waals surface area contributed by atoms with E-state index in [-0.39, 0.29) is 17.9 Å². The molecule has 0 saturated carbocycles. The highest BCUT2D eigenvalue weighted by Gasteiger charge is 2.25. The molecule has 4 heterocycles. The number of rotatable bonds is 6. The standard InChI is InChI=1S/C32H34N6O/c1-21(2)34-32(39)26-13-15-37(16-14-26)20-23-9-11-25(12-10-23)30-28(24-7-5-4-6-8-24)18-27-19-33-29-17-22(3)36-38(29)31(27)35-30/h4-12,17-19,21,26H,13-16,20H2,1-3H3,(H,34,39). The van der Waals surface area contributed by atoms with E-state index in [0.29, 0.717) is 0 Å². The van der Waals surface area contributed by atoms with Gasteiger partial charge in [0.2, 0.25) is 5.91 Å². The van der Waals surface area contributed by atoms with Crippen LogP contribution in [-0.4, -0.2) is 49.5 Å². The topological polar surface area (TPSA) is 75.4 Å². The van der Waals surface area contributed by atoms with Gasteiger partial charge < -0.3 is 5.32 Å². The molecule has 1 amide bonds. The number of fused-ring (bicyclic) bond motifs is 3. The summed E-state index contributed by atoms with van der Waals surface area (Å²) in [6.45, 7) is 8.77. The molecule has 0 bridgehead atoms. The third-order valence-electron chi connectivity index (χ3n) is 7.49. The predicted molar refractivity (Wildman–Crippen MR) is 155 cm³/mol. The molecule has 1 aliphatic rings. The molecule has 1 saturated heterocycles. The van der Waals surface area contributed by atoms with E-state index in [2.05, 4.69) is 74.9 Å². The van der Waals surface area contributed by atoms with Crippen LogP contribution in [0.4, 0.5) is 0 Å². The minimum Gasteiger partial charge on any atom is -0.354 e. The Balaban J connectivity index is 1.28. The van der Waals surface area contributed by atoms with Gasteiger partial charge in [-0.25, -0.2) is 9.97 Å². The zero-order valence-corrected chi connectivity index (χ0v) is 22.8. The summed E-state index contributed by atoms with van der Waals surface area (Å²) in [5.74, 6) is 0.325. The minimum atomic E-state index is 0.127. The number of pyridine rings is 1. The van der Waals surface area contributed by atoms with Crippen LogP contribution in [0.15, 0.2) is 72.9 Å². The number of piperidine rings is 1. The van der Waals surface area contributed by atoms with Crippen molar-refractivity contribution in [1.82, 2.24) is 29.8 Å². The van der Waals surface area contributed by atoms with E-state index in [1.54, 1.807) is 0 Å². The fraction of sp³-hybridized carbons (Fsp3) is 0.312. The largest absolute Gasteiger partial charge is 0.354 e. The van der Waals surface area contributed by atoms with Crippen molar-refractivity contribution in [2.75, 3.05) is 13.1 Å². The normalized spacial score (nSPS) is 14.9. The van der Waals surface area contributed by atoms with Crippen LogP contribution in [-0.2, 0) is 11.3 Å². The molecule has 198 valence electrons. The first-order valence-electron chi connectivity index (χ1n) is 13.8. The maximum Gasteiger partial charge on any atom is 0.223 e. The van der Waals surface area contributed by atoms with E-state index in [9.17, 15) is 4.79 Å². The van der Waals surface area contributed by atoms with Gasteiger partial charge in [-0.05, 0) is 63.9 Å². The third-order valence-corrected chi connectivity index (χ3v) is 7.49. The van der Waals surface area contributed by atoms with Gasteiger partial charge in [0.25, 0.3) is 0 Å². The van der Waals surface area contributed by atoms with Gasteiger partial charge in [0.05, 0.1) is 11.4 Å². The molecule has 0 radical (unpaired) electrons. The zero-order chi connectivity index (χ0) is 26.9. The Morgan fingerprint density at radius 3 is 2.46 bits per heavy atom. The number of amides is 1. The Morgan fingerprint density at radius 1 is 1.00 bits per heavy atom. The molecular formula is C32H34N6O. The molecule has 1 aliphatic heterocycles. The van der Waals surface area contributed by atoms with E-state index in [1.807, 2.05) is 43.6 Å². The van der Waals surface area contributed by atoms with Crippen molar-refractivity contribution in [3.05, 3.63) is 84.2 Å². The molecule has 0 unspecified atom stereocenters. The molecule has 7 nitrogen and oxygen atoms in total. The summed E-state index contributed by atoms with van der Waals surface area (Å²) in [6.07, 6.45) is 3.70. The van der Waals surface area contributed by atoms with Gasteiger partial charge in [-0.3, -0.25) is 9.69 Å². The van der Waals surface area contributed by atoms with Gasteiger partial charge >= 0.3 is 0 Å². The molecule has 3 aromatic heterocycles. The fourth-order valence-electron chi connectivity index (χ4n) is 5.49. The summed E-state index contributed by atoms with van der Waals surface area (Å²) < 4.78 is 1.84. The molecule has 1 N–H and O–H groups in total. The van der Waals surface area contributed by atoms with Crippen molar-refractivity contribution in [1.29, 1.82) is 0 Å². The molecule has 0 spiro atoms. The van der Waals surface area contributed by atoms with Crippen LogP contribution >= 0.6 is 0 Å². The number of aryl methyl sites for hydroxylation is 1. The Kier molecular flexibility index (Phi) is 6.83. The van der Waals surface area contributed by atoms with Gasteiger partial charge in [-0.15, -0.1) is 0 Å². The molecule has 6 rings (SSSR count). The van der Waals surface area contributed by atoms with E-state index in [4.69, 9.17) is 4.98 Å². The summed E-state index contributed by atoms with van der Waals surface area (Å²) in [4.78, 5) is 24.6. The molecule has 1 fully saturated rings. The number of nitrogens with zero attached hydrogens (tertiary/aromatic N) is 5. The SMILES string of the molecule is Cc1cc2ncc3cc(-c4ccccc4)c(-c4ccc(CN5CCC(C(=O)NC(C)C)CC5)cc4)nc3n2n1. The van der Waals surface area contributed by atoms with Gasteiger partial charge in [0.1, 0.15) is 0 Å². The van der Waals surface area contributed by atoms with Crippen molar-refractivity contribution >= 4 is 22.6 Å². The lowest BCUT2D eigenvalue weighted by Crippen LogP contribution is -2.42. The summed E-state index contributed by atoms with van der Waals surface area (Å²) in [5, 5.41) is 8.67. The van der Waals surface area contributed by atoms with E-state index >= 15 is 0 Å². The Bertz CT molecular complexity index is 1620. The number of benzene rings is 2. The quantitative estimate of drug-likeness (QED) is 0.314. The molecule has 5 aromatic rings. The summed E-state index contributed by atoms with van der Waals surface area (Å²) >= 11 is 0. The Labute approximate surface area is 228 Å². The highest BCUT2D eigenvalue weighted by Crippen LogP contribution is 2.34. The van der Waals surface area contributed by atoms with E-state index < -0.39 is 0 Å². The predicted octanol–water partition coefficient (Wildman–Crippen LogP) is 5.66. The number of hydrogen-bond donors (Lipinski definition) is 1. The molecular weight excluding hydrogens is 484 g/mol. The van der Waals surface area contributed by atoms with Crippen LogP contribution in [0.5, 0.6) is 0 Å². The lowest BCUT2D eigenvalue weighted by atomic mass is 9.95. The monoisotopic (exact) mass is 518 g/mol. The van der Waals surface area contributed by atoms with Gasteiger partial charge in [0, 0.05) is 47.3 Å². The first-order valence-corrected chi connectivity index (χ1v) is 13.8. The van der Waals surface area contributed by atoms with Crippen molar-refractivity contribution < 1.29 is 4.79 Å². The number of carbonyl (C=O) groups excluding carboxylic acids is 1. The molecule has 0 atom stereocenters. The molecule has 39 heavy (non-hydrogen) atoms. The second-order valence-corrected chi connectivity index (χ2v) is 10.9. The number of nitrogens with one attached hydrogen (secondary N) is 1. The average Bonchev–Trinajstić information content (AvgIpc) is 3.34. The summed E-state index contributed by atoms with van der Waals surface area (Å²) in [7, 11) is 0. The number of aromatic nitrogens is 4. The van der Waals surface area contributed by atoms with Crippen molar-refractivity contribution in [3.8, 4) is 22.4 Å². The minimum absolute atomic E-state index is 0.127. The second kappa shape index (κ2) is 10.6. The summed E-state index contributed by atoms with van der Waals surface area (Å²) in [6, 6.07) is 23.5. The Hall–Kier alpha value is -4.10. The zero-order valence-electron chi connectivity index (χ0n) is 22.8. The smallest absolute Gasteiger partial charge is 0.223 e. The van der Waals surface area contributed by atoms with Gasteiger partial charge in [-0.2, -0.15) is 9.61 Å². The highest BCUT2D eigenvalue weighted by molar-refractivity contribution is 5.90. The highest BCUT2D eigenvalue weighted by atomic mass is 16.1. The molecule has 0 aliphatic carbocycles. The van der Waals surface area contributed by atoms with Crippen LogP contribution in [0.25, 0.3) is 39.1 Å². The van der Waals surface area contributed by atoms with Crippen LogP contribution in [0, 0.1) is 12.8 Å². The number of likely N-dealkylation sites (tertiary alicyclic amines) is 1. The maximum atomic E-state index is 12.4. The molecule has 2 aromatic carbocycles. The Morgan fingerprint density at radius 2 is 1.74 bits per heavy atom. The van der Waals surface area contributed by atoms with Crippen LogP contribution < -0.4 is 5.32 Å². The first kappa shape index (κ1) is 25.2. The van der Waals surface area contributed by atoms with Gasteiger partial charge in [0.15, 0.2) is 11.3 Å². The maximum absolute atomic E-state index is 12.4. The lowest BCUT2D eigenvalue weighted by molar-refractivity contribution is -0.127. The van der Waals surface area contributed by atoms with Crippen molar-refractivity contribution in [3.63, 3.8) is 0 Å². The van der Waals surface area contributed by atoms with Crippen molar-refractivity contribution in [2.24, 2.45) is 5.92 Å². The van der Waals surface area contributed by atoms with E-state index in [1.165, 1.54) is 5.56 Å². The third kappa shape index (κ3) is 5.27. The van der Waals surface area contributed by atoms with Crippen molar-refractivity contribution in [2.45, 2.75) is 46.2 Å². The second-order valence-electron chi connectivity index (χ2n) is 10.9. The average molecular weight is 519 g/mol. The molecule has 7 heteroatoms.